The monoisotopic (exact) mass is 385 g/mol. The highest BCUT2D eigenvalue weighted by Crippen LogP contribution is 2.25. The van der Waals surface area contributed by atoms with Gasteiger partial charge in [0, 0.05) is 37.4 Å². The molecule has 2 fully saturated rings. The first-order valence-electron chi connectivity index (χ1n) is 10.3. The lowest BCUT2D eigenvalue weighted by Gasteiger charge is -2.28. The molecule has 1 heterocycles. The van der Waals surface area contributed by atoms with Crippen LogP contribution < -0.4 is 16.0 Å². The van der Waals surface area contributed by atoms with Gasteiger partial charge in [0.25, 0.3) is 0 Å². The fourth-order valence-corrected chi connectivity index (χ4v) is 4.17. The van der Waals surface area contributed by atoms with Crippen LogP contribution in [0.15, 0.2) is 18.2 Å². The maximum absolute atomic E-state index is 12.5. The summed E-state index contributed by atoms with van der Waals surface area (Å²) in [6.07, 6.45) is 4.84. The van der Waals surface area contributed by atoms with E-state index >= 15 is 0 Å². The van der Waals surface area contributed by atoms with E-state index in [-0.39, 0.29) is 35.7 Å². The Morgan fingerprint density at radius 1 is 1.11 bits per heavy atom. The fourth-order valence-electron chi connectivity index (χ4n) is 4.17. The molecule has 0 aromatic heterocycles. The minimum atomic E-state index is -0.0281. The third-order valence-electron chi connectivity index (χ3n) is 6.15. The highest BCUT2D eigenvalue weighted by Gasteiger charge is 2.28. The van der Waals surface area contributed by atoms with Gasteiger partial charge in [0.05, 0.1) is 0 Å². The van der Waals surface area contributed by atoms with Crippen molar-refractivity contribution in [3.63, 3.8) is 0 Å². The fraction of sp³-hybridized carbons (Fsp3) is 0.591. The Morgan fingerprint density at radius 3 is 2.54 bits per heavy atom. The number of amides is 3. The van der Waals surface area contributed by atoms with Crippen molar-refractivity contribution in [1.29, 1.82) is 0 Å². The van der Waals surface area contributed by atoms with Crippen LogP contribution in [0.25, 0.3) is 0 Å². The summed E-state index contributed by atoms with van der Waals surface area (Å²) >= 11 is 0. The summed E-state index contributed by atoms with van der Waals surface area (Å²) in [5, 5.41) is 8.97. The Kier molecular flexibility index (Phi) is 6.70. The Balaban J connectivity index is 1.38. The van der Waals surface area contributed by atoms with Gasteiger partial charge in [0.2, 0.25) is 17.7 Å². The van der Waals surface area contributed by atoms with Crippen LogP contribution in [0.4, 0.5) is 0 Å². The normalized spacial score (nSPS) is 24.5. The minimum Gasteiger partial charge on any atom is -0.353 e. The molecule has 1 saturated heterocycles. The largest absolute Gasteiger partial charge is 0.353 e. The maximum atomic E-state index is 12.5. The van der Waals surface area contributed by atoms with Crippen molar-refractivity contribution in [2.75, 3.05) is 0 Å². The van der Waals surface area contributed by atoms with E-state index in [1.165, 1.54) is 11.1 Å². The summed E-state index contributed by atoms with van der Waals surface area (Å²) in [5.41, 5.74) is 3.63. The molecule has 152 valence electrons. The minimum absolute atomic E-state index is 0.00461. The molecule has 0 unspecified atom stereocenters. The van der Waals surface area contributed by atoms with E-state index in [1.807, 2.05) is 6.07 Å². The smallest absolute Gasteiger partial charge is 0.223 e. The average Bonchev–Trinajstić information content (AvgIpc) is 3.07. The van der Waals surface area contributed by atoms with Crippen LogP contribution in [0.3, 0.4) is 0 Å². The second-order valence-corrected chi connectivity index (χ2v) is 8.20. The number of carbonyl (C=O) groups is 3. The molecule has 0 radical (unpaired) electrons. The molecule has 1 saturated carbocycles. The first kappa shape index (κ1) is 20.4. The average molecular weight is 386 g/mol. The van der Waals surface area contributed by atoms with E-state index in [2.05, 4.69) is 41.9 Å². The summed E-state index contributed by atoms with van der Waals surface area (Å²) in [6, 6.07) is 6.26. The number of nitrogens with one attached hydrogen (secondary N) is 3. The van der Waals surface area contributed by atoms with Crippen LogP contribution in [0.1, 0.15) is 61.6 Å². The van der Waals surface area contributed by atoms with E-state index in [0.717, 1.165) is 37.7 Å². The van der Waals surface area contributed by atoms with E-state index in [0.29, 0.717) is 19.4 Å². The predicted octanol–water partition coefficient (Wildman–Crippen LogP) is 2.26. The van der Waals surface area contributed by atoms with Crippen LogP contribution in [0.5, 0.6) is 0 Å². The van der Waals surface area contributed by atoms with E-state index in [1.54, 1.807) is 0 Å². The van der Waals surface area contributed by atoms with Gasteiger partial charge < -0.3 is 16.0 Å². The van der Waals surface area contributed by atoms with Crippen molar-refractivity contribution < 1.29 is 14.4 Å². The molecular formula is C22H31N3O3. The molecule has 3 N–H and O–H groups in total. The number of carbonyl (C=O) groups excluding carboxylic acids is 3. The number of benzene rings is 1. The zero-order valence-electron chi connectivity index (χ0n) is 16.8. The Morgan fingerprint density at radius 2 is 1.86 bits per heavy atom. The third kappa shape index (κ3) is 5.33. The summed E-state index contributed by atoms with van der Waals surface area (Å²) in [5.74, 6) is 0.159. The van der Waals surface area contributed by atoms with Gasteiger partial charge in [-0.15, -0.1) is 0 Å². The van der Waals surface area contributed by atoms with Crippen molar-refractivity contribution in [3.8, 4) is 0 Å². The molecular weight excluding hydrogens is 354 g/mol. The van der Waals surface area contributed by atoms with Gasteiger partial charge in [-0.3, -0.25) is 14.4 Å². The number of aryl methyl sites for hydroxylation is 1. The van der Waals surface area contributed by atoms with Gasteiger partial charge >= 0.3 is 0 Å². The van der Waals surface area contributed by atoms with Crippen LogP contribution in [0.2, 0.25) is 0 Å². The van der Waals surface area contributed by atoms with Crippen molar-refractivity contribution in [2.45, 2.75) is 77.4 Å². The van der Waals surface area contributed by atoms with Crippen LogP contribution >= 0.6 is 0 Å². The first-order valence-corrected chi connectivity index (χ1v) is 10.3. The second-order valence-electron chi connectivity index (χ2n) is 8.20. The van der Waals surface area contributed by atoms with Gasteiger partial charge in [-0.25, -0.2) is 0 Å². The van der Waals surface area contributed by atoms with Crippen molar-refractivity contribution in [1.82, 2.24) is 16.0 Å². The number of hydrogen-bond acceptors (Lipinski definition) is 3. The highest BCUT2D eigenvalue weighted by molar-refractivity contribution is 5.82. The first-order chi connectivity index (χ1) is 13.4. The standard InChI is InChI=1S/C22H31N3O3/c1-14-4-3-5-17(15(14)2)13-23-22(28)16-6-8-18(9-7-16)24-21(27)12-19-10-11-20(26)25-19/h3-5,16,18-19H,6-13H2,1-2H3,(H,23,28)(H,24,27)(H,25,26)/t16?,18?,19-/m1/s1. The van der Waals surface area contributed by atoms with Crippen LogP contribution in [0, 0.1) is 19.8 Å². The van der Waals surface area contributed by atoms with E-state index in [9.17, 15) is 14.4 Å². The molecule has 6 nitrogen and oxygen atoms in total. The van der Waals surface area contributed by atoms with Crippen molar-refractivity contribution in [2.24, 2.45) is 5.92 Å². The zero-order chi connectivity index (χ0) is 20.1. The molecule has 2 aliphatic rings. The lowest BCUT2D eigenvalue weighted by atomic mass is 9.85. The molecule has 1 atom stereocenters. The molecule has 1 aromatic rings. The predicted molar refractivity (Wildman–Crippen MR) is 107 cm³/mol. The number of hydrogen-bond donors (Lipinski definition) is 3. The van der Waals surface area contributed by atoms with Gasteiger partial charge in [-0.1, -0.05) is 18.2 Å². The Bertz CT molecular complexity index is 739. The molecule has 1 aromatic carbocycles. The quantitative estimate of drug-likeness (QED) is 0.702. The van der Waals surface area contributed by atoms with Crippen LogP contribution in [-0.4, -0.2) is 29.8 Å². The number of rotatable bonds is 6. The van der Waals surface area contributed by atoms with E-state index < -0.39 is 0 Å². The zero-order valence-corrected chi connectivity index (χ0v) is 16.8. The molecule has 6 heteroatoms. The lowest BCUT2D eigenvalue weighted by molar-refractivity contribution is -0.126. The maximum Gasteiger partial charge on any atom is 0.223 e. The van der Waals surface area contributed by atoms with Crippen LogP contribution in [-0.2, 0) is 20.9 Å². The second kappa shape index (κ2) is 9.22. The third-order valence-corrected chi connectivity index (χ3v) is 6.15. The molecule has 28 heavy (non-hydrogen) atoms. The molecule has 0 spiro atoms. The molecule has 3 amide bonds. The Labute approximate surface area is 166 Å². The topological polar surface area (TPSA) is 87.3 Å². The summed E-state index contributed by atoms with van der Waals surface area (Å²) in [7, 11) is 0. The Hall–Kier alpha value is -2.37. The summed E-state index contributed by atoms with van der Waals surface area (Å²) in [4.78, 5) is 35.9. The molecule has 1 aliphatic carbocycles. The van der Waals surface area contributed by atoms with E-state index in [4.69, 9.17) is 0 Å². The highest BCUT2D eigenvalue weighted by atomic mass is 16.2. The van der Waals surface area contributed by atoms with Crippen molar-refractivity contribution >= 4 is 17.7 Å². The van der Waals surface area contributed by atoms with Gasteiger partial charge in [0.1, 0.15) is 0 Å². The van der Waals surface area contributed by atoms with Crippen molar-refractivity contribution in [3.05, 3.63) is 34.9 Å². The molecule has 1 aliphatic heterocycles. The SMILES string of the molecule is Cc1cccc(CNC(=O)C2CCC(NC(=O)C[C@H]3CCC(=O)N3)CC2)c1C. The van der Waals surface area contributed by atoms with Gasteiger partial charge in [0.15, 0.2) is 0 Å². The summed E-state index contributed by atoms with van der Waals surface area (Å²) in [6.45, 7) is 4.73. The molecule has 3 rings (SSSR count). The van der Waals surface area contributed by atoms with Gasteiger partial charge in [-0.2, -0.15) is 0 Å². The van der Waals surface area contributed by atoms with Gasteiger partial charge in [-0.05, 0) is 62.6 Å². The lowest BCUT2D eigenvalue weighted by Crippen LogP contribution is -2.42. The summed E-state index contributed by atoms with van der Waals surface area (Å²) < 4.78 is 0. The molecule has 0 bridgehead atoms.